The van der Waals surface area contributed by atoms with Crippen LogP contribution in [0.5, 0.6) is 0 Å². The van der Waals surface area contributed by atoms with E-state index in [9.17, 15) is 8.42 Å². The maximum absolute atomic E-state index is 12.2. The van der Waals surface area contributed by atoms with Gasteiger partial charge in [-0.05, 0) is 42.0 Å². The Labute approximate surface area is 121 Å². The molecule has 0 bridgehead atoms. The van der Waals surface area contributed by atoms with Gasteiger partial charge >= 0.3 is 0 Å². The molecule has 2 aromatic rings. The van der Waals surface area contributed by atoms with Crippen LogP contribution in [0.3, 0.4) is 0 Å². The molecule has 1 saturated carbocycles. The first kappa shape index (κ1) is 13.5. The van der Waals surface area contributed by atoms with Crippen molar-refractivity contribution in [1.82, 2.24) is 15.5 Å². The van der Waals surface area contributed by atoms with Crippen molar-refractivity contribution >= 4 is 27.2 Å². The molecule has 20 heavy (non-hydrogen) atoms. The van der Waals surface area contributed by atoms with Crippen molar-refractivity contribution in [3.05, 3.63) is 35.3 Å². The van der Waals surface area contributed by atoms with Crippen LogP contribution < -0.4 is 10.0 Å². The van der Waals surface area contributed by atoms with Crippen LogP contribution in [0.1, 0.15) is 18.4 Å². The van der Waals surface area contributed by atoms with Crippen LogP contribution in [0.15, 0.2) is 34.0 Å². The molecular formula is C12H14N4O2S2. The van der Waals surface area contributed by atoms with E-state index in [2.05, 4.69) is 20.2 Å². The zero-order chi connectivity index (χ0) is 14.0. The molecule has 2 N–H and O–H groups in total. The third-order valence-corrected chi connectivity index (χ3v) is 5.72. The molecule has 0 unspecified atom stereocenters. The number of hydrogen-bond donors (Lipinski definition) is 2. The molecule has 0 atom stereocenters. The summed E-state index contributed by atoms with van der Waals surface area (Å²) < 4.78 is 27.1. The normalized spacial score (nSPS) is 15.2. The Morgan fingerprint density at radius 3 is 2.95 bits per heavy atom. The fourth-order valence-corrected chi connectivity index (χ4v) is 3.89. The molecule has 6 nitrogen and oxygen atoms in total. The molecule has 2 heterocycles. The minimum Gasteiger partial charge on any atom is -0.310 e. The van der Waals surface area contributed by atoms with E-state index >= 15 is 0 Å². The monoisotopic (exact) mass is 310 g/mol. The molecule has 1 aliphatic rings. The van der Waals surface area contributed by atoms with Crippen molar-refractivity contribution in [2.75, 3.05) is 4.72 Å². The lowest BCUT2D eigenvalue weighted by molar-refractivity contribution is 0.602. The van der Waals surface area contributed by atoms with Gasteiger partial charge in [-0.2, -0.15) is 5.10 Å². The van der Waals surface area contributed by atoms with Crippen LogP contribution in [-0.2, 0) is 16.6 Å². The average molecular weight is 310 g/mol. The number of rotatable bonds is 6. The van der Waals surface area contributed by atoms with Crippen molar-refractivity contribution < 1.29 is 8.42 Å². The Hall–Kier alpha value is -1.51. The van der Waals surface area contributed by atoms with E-state index in [0.717, 1.165) is 5.56 Å². The molecule has 0 spiro atoms. The van der Waals surface area contributed by atoms with Crippen LogP contribution in [0, 0.1) is 0 Å². The first-order valence-corrected chi connectivity index (χ1v) is 8.61. The summed E-state index contributed by atoms with van der Waals surface area (Å²) in [5.74, 6) is 0.221. The van der Waals surface area contributed by atoms with Gasteiger partial charge in [0.05, 0.1) is 0 Å². The van der Waals surface area contributed by atoms with E-state index in [4.69, 9.17) is 0 Å². The minimum absolute atomic E-state index is 0.221. The van der Waals surface area contributed by atoms with E-state index in [1.165, 1.54) is 30.4 Å². The maximum Gasteiger partial charge on any atom is 0.272 e. The largest absolute Gasteiger partial charge is 0.310 e. The summed E-state index contributed by atoms with van der Waals surface area (Å²) in [5.41, 5.74) is 0.987. The van der Waals surface area contributed by atoms with Gasteiger partial charge in [-0.3, -0.25) is 4.72 Å². The van der Waals surface area contributed by atoms with E-state index < -0.39 is 10.0 Å². The van der Waals surface area contributed by atoms with Crippen LogP contribution in [-0.4, -0.2) is 24.7 Å². The number of hydrogen-bond acceptors (Lipinski definition) is 6. The second-order valence-electron chi connectivity index (χ2n) is 4.64. The Bertz CT molecular complexity index is 680. The fourth-order valence-electron chi connectivity index (χ4n) is 1.68. The van der Waals surface area contributed by atoms with Gasteiger partial charge in [0.15, 0.2) is 5.82 Å². The number of thiophene rings is 1. The second kappa shape index (κ2) is 5.47. The van der Waals surface area contributed by atoms with Gasteiger partial charge in [0.2, 0.25) is 0 Å². The first-order valence-electron chi connectivity index (χ1n) is 6.25. The van der Waals surface area contributed by atoms with Crippen LogP contribution in [0.2, 0.25) is 0 Å². The van der Waals surface area contributed by atoms with E-state index in [1.807, 2.05) is 5.38 Å². The van der Waals surface area contributed by atoms with Crippen LogP contribution >= 0.6 is 11.3 Å². The van der Waals surface area contributed by atoms with Gasteiger partial charge in [0.25, 0.3) is 10.0 Å². The van der Waals surface area contributed by atoms with Crippen LogP contribution in [0.25, 0.3) is 0 Å². The number of anilines is 1. The van der Waals surface area contributed by atoms with Crippen LogP contribution in [0.4, 0.5) is 5.82 Å². The fraction of sp³-hybridized carbons (Fsp3) is 0.333. The SMILES string of the molecule is O=S(=O)(Nc1cccnn1)c1cc(CNC2CC2)cs1. The van der Waals surface area contributed by atoms with Crippen molar-refractivity contribution in [3.63, 3.8) is 0 Å². The predicted molar refractivity (Wildman–Crippen MR) is 77.0 cm³/mol. The topological polar surface area (TPSA) is 84.0 Å². The number of nitrogens with one attached hydrogen (secondary N) is 2. The minimum atomic E-state index is -3.58. The number of aromatic nitrogens is 2. The molecule has 0 saturated heterocycles. The number of nitrogens with zero attached hydrogens (tertiary/aromatic N) is 2. The third kappa shape index (κ3) is 3.33. The smallest absolute Gasteiger partial charge is 0.272 e. The van der Waals surface area contributed by atoms with E-state index in [0.29, 0.717) is 12.6 Å². The van der Waals surface area contributed by atoms with Gasteiger partial charge in [0.1, 0.15) is 4.21 Å². The van der Waals surface area contributed by atoms with Gasteiger partial charge in [0, 0.05) is 18.8 Å². The standard InChI is InChI=1S/C12H14N4O2S2/c17-20(18,16-11-2-1-5-14-15-11)12-6-9(8-19-12)7-13-10-3-4-10/h1-2,5-6,8,10,13H,3-4,7H2,(H,15,16). The lowest BCUT2D eigenvalue weighted by atomic mass is 10.3. The maximum atomic E-state index is 12.2. The average Bonchev–Trinajstić information content (AvgIpc) is 3.13. The highest BCUT2D eigenvalue weighted by atomic mass is 32.2. The quantitative estimate of drug-likeness (QED) is 0.846. The zero-order valence-electron chi connectivity index (χ0n) is 10.6. The van der Waals surface area contributed by atoms with Gasteiger partial charge < -0.3 is 5.32 Å². The highest BCUT2D eigenvalue weighted by molar-refractivity contribution is 7.94. The molecular weight excluding hydrogens is 296 g/mol. The van der Waals surface area contributed by atoms with E-state index in [-0.39, 0.29) is 10.0 Å². The van der Waals surface area contributed by atoms with E-state index in [1.54, 1.807) is 18.2 Å². The number of sulfonamides is 1. The van der Waals surface area contributed by atoms with Crippen molar-refractivity contribution in [3.8, 4) is 0 Å². The molecule has 0 aliphatic heterocycles. The molecule has 1 aliphatic carbocycles. The summed E-state index contributed by atoms with van der Waals surface area (Å²) in [6.07, 6.45) is 3.91. The highest BCUT2D eigenvalue weighted by Gasteiger charge is 2.21. The lowest BCUT2D eigenvalue weighted by Crippen LogP contribution is -2.15. The second-order valence-corrected chi connectivity index (χ2v) is 7.46. The van der Waals surface area contributed by atoms with Gasteiger partial charge in [-0.1, -0.05) is 0 Å². The first-order chi connectivity index (χ1) is 9.63. The Balaban J connectivity index is 1.70. The Kier molecular flexibility index (Phi) is 3.68. The highest BCUT2D eigenvalue weighted by Crippen LogP contribution is 2.24. The summed E-state index contributed by atoms with van der Waals surface area (Å²) >= 11 is 1.21. The molecule has 1 fully saturated rings. The summed E-state index contributed by atoms with van der Waals surface area (Å²) in [6, 6.07) is 5.49. The van der Waals surface area contributed by atoms with Gasteiger partial charge in [-0.15, -0.1) is 16.4 Å². The third-order valence-electron chi connectivity index (χ3n) is 2.88. The molecule has 0 radical (unpaired) electrons. The van der Waals surface area contributed by atoms with Gasteiger partial charge in [-0.25, -0.2) is 8.42 Å². The van der Waals surface area contributed by atoms with Crippen molar-refractivity contribution in [1.29, 1.82) is 0 Å². The summed E-state index contributed by atoms with van der Waals surface area (Å²) in [5, 5.41) is 12.6. The summed E-state index contributed by atoms with van der Waals surface area (Å²) in [7, 11) is -3.58. The molecule has 0 amide bonds. The summed E-state index contributed by atoms with van der Waals surface area (Å²) in [6.45, 7) is 0.710. The molecule has 106 valence electrons. The summed E-state index contributed by atoms with van der Waals surface area (Å²) in [4.78, 5) is 0. The molecule has 3 rings (SSSR count). The molecule has 2 aromatic heterocycles. The Morgan fingerprint density at radius 1 is 1.40 bits per heavy atom. The lowest BCUT2D eigenvalue weighted by Gasteiger charge is -2.03. The molecule has 8 heteroatoms. The molecule has 0 aromatic carbocycles. The zero-order valence-corrected chi connectivity index (χ0v) is 12.2. The van der Waals surface area contributed by atoms with Crippen molar-refractivity contribution in [2.45, 2.75) is 29.6 Å². The predicted octanol–water partition coefficient (Wildman–Crippen LogP) is 1.59. The van der Waals surface area contributed by atoms with Crippen molar-refractivity contribution in [2.24, 2.45) is 0 Å². The Morgan fingerprint density at radius 2 is 2.25 bits per heavy atom.